The highest BCUT2D eigenvalue weighted by Crippen LogP contribution is 2.03. The topological polar surface area (TPSA) is 12.0 Å². The van der Waals surface area contributed by atoms with Crippen molar-refractivity contribution in [3.63, 3.8) is 0 Å². The van der Waals surface area contributed by atoms with Gasteiger partial charge in [-0.05, 0) is 6.42 Å². The highest BCUT2D eigenvalue weighted by atomic mass is 19.1. The van der Waals surface area contributed by atoms with E-state index in [4.69, 9.17) is 0 Å². The first-order valence-corrected chi connectivity index (χ1v) is 2.09. The molecule has 0 bridgehead atoms. The van der Waals surface area contributed by atoms with Gasteiger partial charge in [-0.2, -0.15) is 0 Å². The number of hydrogen-bond donors (Lipinski definition) is 1. The molecule has 1 aliphatic heterocycles. The Balaban J connectivity index is 2.18. The fraction of sp³-hybridized carbons (Fsp3) is 0.750. The van der Waals surface area contributed by atoms with Gasteiger partial charge < -0.3 is 5.32 Å². The van der Waals surface area contributed by atoms with Crippen molar-refractivity contribution in [2.75, 3.05) is 6.54 Å². The third-order valence-electron chi connectivity index (χ3n) is 0.857. The smallest absolute Gasteiger partial charge is 0.114 e. The summed E-state index contributed by atoms with van der Waals surface area (Å²) in [4.78, 5) is 0. The molecule has 1 fully saturated rings. The fourth-order valence-electron chi connectivity index (χ4n) is 0.506. The van der Waals surface area contributed by atoms with E-state index in [1.165, 1.54) is 0 Å². The molecule has 1 radical (unpaired) electrons. The second-order valence-corrected chi connectivity index (χ2v) is 1.45. The van der Waals surface area contributed by atoms with Gasteiger partial charge in [0.05, 0.1) is 0 Å². The van der Waals surface area contributed by atoms with E-state index in [-0.39, 0.29) is 0 Å². The molecule has 6 heavy (non-hydrogen) atoms. The van der Waals surface area contributed by atoms with Crippen molar-refractivity contribution in [2.24, 2.45) is 0 Å². The molecule has 1 atom stereocenters. The molecule has 0 spiro atoms. The van der Waals surface area contributed by atoms with Crippen LogP contribution in [0.3, 0.4) is 0 Å². The maximum absolute atomic E-state index is 11.8. The molecule has 1 aliphatic rings. The molecule has 0 aliphatic carbocycles. The van der Waals surface area contributed by atoms with Crippen LogP contribution in [0.2, 0.25) is 0 Å². The van der Waals surface area contributed by atoms with Crippen molar-refractivity contribution in [3.8, 4) is 0 Å². The Morgan fingerprint density at radius 1 is 1.83 bits per heavy atom. The minimum absolute atomic E-state index is 0.514. The fourth-order valence-corrected chi connectivity index (χ4v) is 0.506. The van der Waals surface area contributed by atoms with E-state index < -0.39 is 6.17 Å². The van der Waals surface area contributed by atoms with E-state index in [2.05, 4.69) is 5.32 Å². The summed E-state index contributed by atoms with van der Waals surface area (Å²) in [5.41, 5.74) is 0. The predicted octanol–water partition coefficient (Wildman–Crippen LogP) is 0.480. The van der Waals surface area contributed by atoms with Crippen LogP contribution in [0.4, 0.5) is 4.39 Å². The monoisotopic (exact) mass is 88.1 g/mol. The first-order chi connectivity index (χ1) is 2.89. The molecule has 35 valence electrons. The third kappa shape index (κ3) is 0.684. The quantitative estimate of drug-likeness (QED) is 0.454. The molecule has 1 N–H and O–H groups in total. The lowest BCUT2D eigenvalue weighted by Gasteiger charge is -1.86. The van der Waals surface area contributed by atoms with Gasteiger partial charge in [-0.1, -0.05) is 0 Å². The first kappa shape index (κ1) is 4.06. The minimum Gasteiger partial charge on any atom is -0.309 e. The highest BCUT2D eigenvalue weighted by molar-refractivity contribution is 4.78. The molecule has 2 heteroatoms. The Morgan fingerprint density at radius 2 is 2.67 bits per heavy atom. The van der Waals surface area contributed by atoms with E-state index in [1.54, 1.807) is 6.54 Å². The Hall–Kier alpha value is -0.110. The van der Waals surface area contributed by atoms with Crippen molar-refractivity contribution in [1.29, 1.82) is 0 Å². The molecule has 1 saturated heterocycles. The molecule has 0 aromatic rings. The number of halogens is 1. The normalized spacial score (nSPS) is 34.5. The predicted molar refractivity (Wildman–Crippen MR) is 21.8 cm³/mol. The van der Waals surface area contributed by atoms with Crippen LogP contribution in [-0.2, 0) is 0 Å². The summed E-state index contributed by atoms with van der Waals surface area (Å²) in [5, 5.41) is 2.77. The molecule has 1 heterocycles. The zero-order valence-corrected chi connectivity index (χ0v) is 3.45. The Kier molecular flexibility index (Phi) is 1.05. The van der Waals surface area contributed by atoms with Gasteiger partial charge >= 0.3 is 0 Å². The first-order valence-electron chi connectivity index (χ1n) is 2.09. The van der Waals surface area contributed by atoms with Crippen LogP contribution in [0.5, 0.6) is 0 Å². The van der Waals surface area contributed by atoms with Crippen LogP contribution in [0, 0.1) is 6.54 Å². The molecule has 1 rings (SSSR count). The van der Waals surface area contributed by atoms with Gasteiger partial charge in [-0.15, -0.1) is 0 Å². The lowest BCUT2D eigenvalue weighted by molar-refractivity contribution is 0.363. The van der Waals surface area contributed by atoms with Crippen molar-refractivity contribution < 1.29 is 4.39 Å². The average Bonchev–Trinajstić information content (AvgIpc) is 1.86. The van der Waals surface area contributed by atoms with E-state index in [1.807, 2.05) is 0 Å². The van der Waals surface area contributed by atoms with Gasteiger partial charge in [0.1, 0.15) is 6.17 Å². The summed E-state index contributed by atoms with van der Waals surface area (Å²) >= 11 is 0. The second kappa shape index (κ2) is 1.56. The van der Waals surface area contributed by atoms with Gasteiger partial charge in [-0.3, -0.25) is 0 Å². The molecule has 1 unspecified atom stereocenters. The maximum Gasteiger partial charge on any atom is 0.114 e. The largest absolute Gasteiger partial charge is 0.309 e. The summed E-state index contributed by atoms with van der Waals surface area (Å²) in [6.45, 7) is 2.27. The molecule has 1 nitrogen and oxygen atoms in total. The van der Waals surface area contributed by atoms with Gasteiger partial charge in [0.25, 0.3) is 0 Å². The van der Waals surface area contributed by atoms with Crippen molar-refractivity contribution in [3.05, 3.63) is 6.54 Å². The summed E-state index contributed by atoms with van der Waals surface area (Å²) in [5.74, 6) is 0. The van der Waals surface area contributed by atoms with Crippen LogP contribution in [0.15, 0.2) is 0 Å². The van der Waals surface area contributed by atoms with Gasteiger partial charge in [0.2, 0.25) is 0 Å². The van der Waals surface area contributed by atoms with Gasteiger partial charge in [0.15, 0.2) is 0 Å². The molecule has 0 amide bonds. The molecular weight excluding hydrogens is 81.0 g/mol. The van der Waals surface area contributed by atoms with Crippen molar-refractivity contribution in [2.45, 2.75) is 12.6 Å². The summed E-state index contributed by atoms with van der Waals surface area (Å²) < 4.78 is 11.8. The maximum atomic E-state index is 11.8. The van der Waals surface area contributed by atoms with Crippen LogP contribution >= 0.6 is 0 Å². The van der Waals surface area contributed by atoms with Crippen molar-refractivity contribution in [1.82, 2.24) is 5.32 Å². The number of alkyl halides is 1. The Bertz CT molecular complexity index is 40.8. The molecule has 0 aromatic heterocycles. The summed E-state index contributed by atoms with van der Waals surface area (Å²) in [6, 6.07) is 0. The molecule has 0 saturated carbocycles. The number of nitrogens with one attached hydrogen (secondary N) is 1. The van der Waals surface area contributed by atoms with Crippen LogP contribution in [-0.4, -0.2) is 12.7 Å². The number of rotatable bonds is 0. The van der Waals surface area contributed by atoms with Crippen LogP contribution in [0.25, 0.3) is 0 Å². The van der Waals surface area contributed by atoms with Crippen molar-refractivity contribution >= 4 is 0 Å². The van der Waals surface area contributed by atoms with Gasteiger partial charge in [0, 0.05) is 13.1 Å². The SMILES string of the molecule is FC1C[CH]NC1. The molecular formula is C4H7FN. The summed E-state index contributed by atoms with van der Waals surface area (Å²) in [7, 11) is 0. The minimum atomic E-state index is -0.620. The van der Waals surface area contributed by atoms with E-state index in [0.29, 0.717) is 13.0 Å². The zero-order valence-electron chi connectivity index (χ0n) is 3.45. The van der Waals surface area contributed by atoms with Gasteiger partial charge in [-0.25, -0.2) is 4.39 Å². The lowest BCUT2D eigenvalue weighted by Crippen LogP contribution is -2.06. The standard InChI is InChI=1S/C4H7FN/c5-4-1-2-6-3-4/h2,4,6H,1,3H2. The Labute approximate surface area is 36.5 Å². The van der Waals surface area contributed by atoms with Crippen LogP contribution in [0.1, 0.15) is 6.42 Å². The Morgan fingerprint density at radius 3 is 2.83 bits per heavy atom. The third-order valence-corrected chi connectivity index (χ3v) is 0.857. The van der Waals surface area contributed by atoms with Crippen LogP contribution < -0.4 is 5.32 Å². The molecule has 0 aromatic carbocycles. The highest BCUT2D eigenvalue weighted by Gasteiger charge is 2.10. The van der Waals surface area contributed by atoms with E-state index in [9.17, 15) is 4.39 Å². The lowest BCUT2D eigenvalue weighted by atomic mass is 10.4. The second-order valence-electron chi connectivity index (χ2n) is 1.45. The van der Waals surface area contributed by atoms with E-state index in [0.717, 1.165) is 0 Å². The number of hydrogen-bond acceptors (Lipinski definition) is 1. The van der Waals surface area contributed by atoms with E-state index >= 15 is 0 Å². The summed E-state index contributed by atoms with van der Waals surface area (Å²) in [6.07, 6.45) is -0.0370. The zero-order chi connectivity index (χ0) is 4.41. The average molecular weight is 88.1 g/mol.